The molecule has 0 unspecified atom stereocenters. The van der Waals surface area contributed by atoms with Crippen LogP contribution in [0.3, 0.4) is 0 Å². The topological polar surface area (TPSA) is 163 Å². The summed E-state index contributed by atoms with van der Waals surface area (Å²) in [6.45, 7) is 6.82. The van der Waals surface area contributed by atoms with Gasteiger partial charge in [-0.15, -0.1) is 0 Å². The monoisotopic (exact) mass is 693 g/mol. The fourth-order valence-corrected chi connectivity index (χ4v) is 5.70. The van der Waals surface area contributed by atoms with Crippen LogP contribution in [0, 0.1) is 5.92 Å². The van der Waals surface area contributed by atoms with Gasteiger partial charge in [-0.05, 0) is 65.5 Å². The molecule has 2 aliphatic rings. The summed E-state index contributed by atoms with van der Waals surface area (Å²) in [4.78, 5) is 59.5. The molecule has 5 atom stereocenters. The molecule has 49 heavy (non-hydrogen) atoms. The molecule has 1 aliphatic carbocycles. The molecule has 1 saturated heterocycles. The second kappa shape index (κ2) is 15.5. The Kier molecular flexibility index (Phi) is 11.9. The first-order chi connectivity index (χ1) is 23.1. The number of nitrogens with two attached hydrogens (primary N) is 1. The van der Waals surface area contributed by atoms with E-state index in [9.17, 15) is 32.3 Å². The first kappa shape index (κ1) is 37.5. The van der Waals surface area contributed by atoms with Crippen LogP contribution >= 0.6 is 0 Å². The van der Waals surface area contributed by atoms with Crippen molar-refractivity contribution in [3.8, 4) is 5.88 Å². The maximum atomic E-state index is 13.9. The van der Waals surface area contributed by atoms with E-state index in [1.165, 1.54) is 17.0 Å². The number of esters is 1. The molecular weight excluding hydrogens is 647 g/mol. The number of alkyl halides is 3. The number of benzene rings is 1. The van der Waals surface area contributed by atoms with Gasteiger partial charge in [-0.2, -0.15) is 13.2 Å². The first-order valence-electron chi connectivity index (χ1n) is 16.4. The number of allylic oxidation sites excluding steroid dienone is 1. The highest BCUT2D eigenvalue weighted by molar-refractivity contribution is 5.88. The van der Waals surface area contributed by atoms with Gasteiger partial charge in [-0.25, -0.2) is 14.8 Å². The fourth-order valence-electron chi connectivity index (χ4n) is 5.70. The molecule has 1 saturated carbocycles. The van der Waals surface area contributed by atoms with Crippen molar-refractivity contribution in [2.45, 2.75) is 108 Å². The number of nitrogens with zero attached hydrogens (tertiary/aromatic N) is 3. The largest absolute Gasteiger partial charge is 0.471 e. The van der Waals surface area contributed by atoms with Crippen molar-refractivity contribution in [1.82, 2.24) is 20.2 Å². The third kappa shape index (κ3) is 9.89. The molecule has 2 heterocycles. The van der Waals surface area contributed by atoms with E-state index in [1.807, 2.05) is 12.2 Å². The predicted molar refractivity (Wildman–Crippen MR) is 174 cm³/mol. The Morgan fingerprint density at radius 3 is 2.47 bits per heavy atom. The number of hydrogen-bond donors (Lipinski definition) is 2. The molecule has 0 bridgehead atoms. The maximum absolute atomic E-state index is 13.9. The average Bonchev–Trinajstić information content (AvgIpc) is 3.51. The lowest BCUT2D eigenvalue weighted by Gasteiger charge is -2.28. The molecule has 0 spiro atoms. The van der Waals surface area contributed by atoms with Crippen molar-refractivity contribution < 1.29 is 48.0 Å². The highest BCUT2D eigenvalue weighted by atomic mass is 19.4. The van der Waals surface area contributed by atoms with Gasteiger partial charge in [0.25, 0.3) is 0 Å². The Morgan fingerprint density at radius 1 is 1.14 bits per heavy atom. The summed E-state index contributed by atoms with van der Waals surface area (Å²) in [5.41, 5.74) is 3.22. The normalized spacial score (nSPS) is 22.9. The lowest BCUT2D eigenvalue weighted by molar-refractivity contribution is -0.146. The summed E-state index contributed by atoms with van der Waals surface area (Å²) in [6.07, 6.45) is 1.13. The molecule has 270 valence electrons. The number of carbonyl (C=O) groups is 4. The number of rotatable bonds is 14. The van der Waals surface area contributed by atoms with Crippen LogP contribution in [-0.2, 0) is 30.0 Å². The van der Waals surface area contributed by atoms with Crippen LogP contribution in [0.4, 0.5) is 18.0 Å². The Labute approximate surface area is 284 Å². The van der Waals surface area contributed by atoms with E-state index in [2.05, 4.69) is 15.3 Å². The van der Waals surface area contributed by atoms with Crippen molar-refractivity contribution in [2.75, 3.05) is 13.2 Å². The molecule has 2 amide bonds. The van der Waals surface area contributed by atoms with Crippen LogP contribution in [0.15, 0.2) is 36.4 Å². The van der Waals surface area contributed by atoms with Crippen LogP contribution in [0.25, 0.3) is 11.0 Å². The van der Waals surface area contributed by atoms with E-state index in [4.69, 9.17) is 19.9 Å². The van der Waals surface area contributed by atoms with E-state index in [0.717, 1.165) is 6.42 Å². The zero-order valence-electron chi connectivity index (χ0n) is 28.1. The number of ether oxygens (including phenoxy) is 3. The van der Waals surface area contributed by atoms with Gasteiger partial charge < -0.3 is 35.0 Å². The average molecular weight is 694 g/mol. The summed E-state index contributed by atoms with van der Waals surface area (Å²) >= 11 is 0. The maximum Gasteiger partial charge on any atom is 0.438 e. The summed E-state index contributed by atoms with van der Waals surface area (Å²) in [6, 6.07) is 3.99. The minimum atomic E-state index is -4.86. The highest BCUT2D eigenvalue weighted by Gasteiger charge is 2.57. The molecule has 2 aromatic rings. The summed E-state index contributed by atoms with van der Waals surface area (Å²) in [5.74, 6) is -1.80. The number of aldehydes is 1. The third-order valence-electron chi connectivity index (χ3n) is 8.27. The van der Waals surface area contributed by atoms with E-state index in [0.29, 0.717) is 32.0 Å². The van der Waals surface area contributed by atoms with Crippen LogP contribution in [-0.4, -0.2) is 81.6 Å². The number of aromatic nitrogens is 2. The molecule has 15 heteroatoms. The van der Waals surface area contributed by atoms with Crippen LogP contribution in [0.1, 0.15) is 79.8 Å². The molecule has 1 aromatic heterocycles. The van der Waals surface area contributed by atoms with Crippen LogP contribution in [0.2, 0.25) is 0 Å². The van der Waals surface area contributed by atoms with Gasteiger partial charge in [-0.3, -0.25) is 9.59 Å². The number of hydrogen-bond acceptors (Lipinski definition) is 10. The third-order valence-corrected chi connectivity index (χ3v) is 8.27. The predicted octanol–water partition coefficient (Wildman–Crippen LogP) is 5.12. The van der Waals surface area contributed by atoms with Crippen molar-refractivity contribution in [2.24, 2.45) is 11.7 Å². The molecule has 1 aliphatic heterocycles. The van der Waals surface area contributed by atoms with Gasteiger partial charge in [0.2, 0.25) is 17.5 Å². The Hall–Kier alpha value is -4.27. The summed E-state index contributed by atoms with van der Waals surface area (Å²) in [7, 11) is 0. The van der Waals surface area contributed by atoms with Gasteiger partial charge in [0, 0.05) is 13.8 Å². The van der Waals surface area contributed by atoms with E-state index in [1.54, 1.807) is 39.8 Å². The Balaban J connectivity index is 0.00000676. The Morgan fingerprint density at radius 2 is 1.84 bits per heavy atom. The smallest absolute Gasteiger partial charge is 0.438 e. The number of fused-ring (bicyclic) bond motifs is 1. The number of carbonyl (C=O) groups excluding carboxylic acids is 4. The molecule has 0 radical (unpaired) electrons. The van der Waals surface area contributed by atoms with Crippen molar-refractivity contribution in [1.29, 1.82) is 0 Å². The molecule has 12 nitrogen and oxygen atoms in total. The summed E-state index contributed by atoms with van der Waals surface area (Å²) < 4.78 is 57.8. The van der Waals surface area contributed by atoms with Gasteiger partial charge in [0.05, 0.1) is 30.2 Å². The molecule has 4 rings (SSSR count). The van der Waals surface area contributed by atoms with Gasteiger partial charge in [0.1, 0.15) is 29.6 Å². The van der Waals surface area contributed by atoms with E-state index >= 15 is 0 Å². The zero-order chi connectivity index (χ0) is 36.0. The number of amides is 2. The van der Waals surface area contributed by atoms with Gasteiger partial charge in [0.15, 0.2) is 0 Å². The number of unbranched alkanes of at least 4 members (excludes halogenated alkanes) is 3. The molecule has 2 fully saturated rings. The first-order valence-corrected chi connectivity index (χ1v) is 16.4. The van der Waals surface area contributed by atoms with Gasteiger partial charge >= 0.3 is 18.2 Å². The Bertz CT molecular complexity index is 1550. The number of alkyl carbamates (subject to hydrolysis) is 1. The lowest BCUT2D eigenvalue weighted by atomic mass is 10.0. The highest BCUT2D eigenvalue weighted by Crippen LogP contribution is 2.43. The number of likely N-dealkylation sites (tertiary alicyclic amines) is 1. The molecular formula is C34H46F3N5O7. The fraction of sp³-hybridized carbons (Fsp3) is 0.588. The standard InChI is InChI=1S/C34H44F3N5O7.H2/c1-5-47-30(45)33(38)18-21(33)13-9-7-6-8-10-16-26(41-31(46)49-32(2,3)4)29(44)42-19-23(17-22(42)20-43)48-28-27(34(35,36)37)39-24-14-11-12-15-25(24)40-28;/h9,11-15,20-23,26H,5-8,10,16-19,38H2,1-4H3,(H,41,46);1H/b13-9-;/t21-,22+,23-,26+,33-;/m1./s1. The van der Waals surface area contributed by atoms with Crippen LogP contribution < -0.4 is 15.8 Å². The van der Waals surface area contributed by atoms with E-state index in [-0.39, 0.29) is 44.4 Å². The quantitative estimate of drug-likeness (QED) is 0.118. The number of para-hydroxylation sites is 2. The van der Waals surface area contributed by atoms with Crippen molar-refractivity contribution in [3.63, 3.8) is 0 Å². The second-order valence-electron chi connectivity index (χ2n) is 13.4. The zero-order valence-corrected chi connectivity index (χ0v) is 28.1. The van der Waals surface area contributed by atoms with Crippen molar-refractivity contribution >= 4 is 35.3 Å². The van der Waals surface area contributed by atoms with Crippen LogP contribution in [0.5, 0.6) is 5.88 Å². The second-order valence-corrected chi connectivity index (χ2v) is 13.4. The minimum Gasteiger partial charge on any atom is -0.471 e. The summed E-state index contributed by atoms with van der Waals surface area (Å²) in [5, 5.41) is 2.61. The van der Waals surface area contributed by atoms with Gasteiger partial charge in [-0.1, -0.05) is 37.1 Å². The van der Waals surface area contributed by atoms with E-state index < -0.39 is 65.0 Å². The minimum absolute atomic E-state index is 0. The lowest BCUT2D eigenvalue weighted by Crippen LogP contribution is -2.51. The number of halogens is 3. The number of nitrogens with one attached hydrogen (secondary N) is 1. The van der Waals surface area contributed by atoms with Crippen molar-refractivity contribution in [3.05, 3.63) is 42.1 Å². The molecule has 3 N–H and O–H groups in total. The SMILES string of the molecule is CCOC(=O)[C@@]1(N)C[C@H]1/C=C\CCCCC[C@H](NC(=O)OC(C)(C)C)C(=O)N1C[C@H](Oc2nc3ccccc3nc2C(F)(F)F)C[C@H]1C=O.[HH]. The molecule has 1 aromatic carbocycles.